The van der Waals surface area contributed by atoms with E-state index in [2.05, 4.69) is 22.3 Å². The van der Waals surface area contributed by atoms with Crippen LogP contribution in [-0.2, 0) is 17.9 Å². The van der Waals surface area contributed by atoms with Crippen LogP contribution in [0.3, 0.4) is 0 Å². The molecule has 1 aromatic rings. The smallest absolute Gasteiger partial charge is 0.404 e. The van der Waals surface area contributed by atoms with Crippen molar-refractivity contribution in [3.8, 4) is 0 Å². The van der Waals surface area contributed by atoms with Crippen LogP contribution < -0.4 is 5.32 Å². The number of hydrogen-bond donors (Lipinski definition) is 2. The van der Waals surface area contributed by atoms with Gasteiger partial charge in [0, 0.05) is 13.1 Å². The first-order chi connectivity index (χ1) is 8.58. The predicted octanol–water partition coefficient (Wildman–Crippen LogP) is 1.53. The van der Waals surface area contributed by atoms with E-state index in [9.17, 15) is 4.79 Å². The minimum Gasteiger partial charge on any atom is -0.465 e. The molecule has 0 aliphatic rings. The number of nitrogens with one attached hydrogen (secondary N) is 1. The van der Waals surface area contributed by atoms with Gasteiger partial charge < -0.3 is 20.1 Å². The lowest BCUT2D eigenvalue weighted by Crippen LogP contribution is -2.25. The first-order valence-corrected chi connectivity index (χ1v) is 5.85. The lowest BCUT2D eigenvalue weighted by atomic mass is 10.1. The second-order valence-electron chi connectivity index (χ2n) is 4.34. The summed E-state index contributed by atoms with van der Waals surface area (Å²) in [6.45, 7) is 2.12. The van der Waals surface area contributed by atoms with E-state index in [1.165, 1.54) is 5.56 Å². The molecule has 5 heteroatoms. The lowest BCUT2D eigenvalue weighted by molar-refractivity contribution is 0.120. The Kier molecular flexibility index (Phi) is 6.18. The van der Waals surface area contributed by atoms with Gasteiger partial charge in [0.1, 0.15) is 0 Å². The van der Waals surface area contributed by atoms with E-state index >= 15 is 0 Å². The third-order valence-corrected chi connectivity index (χ3v) is 2.31. The predicted molar refractivity (Wildman–Crippen MR) is 69.5 cm³/mol. The van der Waals surface area contributed by atoms with Gasteiger partial charge in [-0.3, -0.25) is 0 Å². The Bertz CT molecular complexity index is 363. The fraction of sp³-hybridized carbons (Fsp3) is 0.462. The third-order valence-electron chi connectivity index (χ3n) is 2.31. The number of carboxylic acid groups (broad SMARTS) is 1. The van der Waals surface area contributed by atoms with E-state index in [0.29, 0.717) is 19.8 Å². The van der Waals surface area contributed by atoms with Gasteiger partial charge in [0.25, 0.3) is 0 Å². The Hall–Kier alpha value is -1.59. The van der Waals surface area contributed by atoms with Crippen LogP contribution >= 0.6 is 0 Å². The first-order valence-electron chi connectivity index (χ1n) is 5.85. The molecule has 0 fully saturated rings. The van der Waals surface area contributed by atoms with Gasteiger partial charge in [-0.1, -0.05) is 24.3 Å². The Morgan fingerprint density at radius 2 is 1.89 bits per heavy atom. The number of benzene rings is 1. The monoisotopic (exact) mass is 252 g/mol. The molecule has 1 rings (SSSR count). The van der Waals surface area contributed by atoms with Gasteiger partial charge in [0.05, 0.1) is 13.2 Å². The Balaban J connectivity index is 2.24. The highest BCUT2D eigenvalue weighted by Crippen LogP contribution is 2.07. The number of nitrogens with zero attached hydrogens (tertiary/aromatic N) is 1. The summed E-state index contributed by atoms with van der Waals surface area (Å²) in [5.41, 5.74) is 2.35. The van der Waals surface area contributed by atoms with Gasteiger partial charge in [-0.05, 0) is 25.2 Å². The summed E-state index contributed by atoms with van der Waals surface area (Å²) < 4.78 is 5.35. The van der Waals surface area contributed by atoms with Crippen molar-refractivity contribution in [2.24, 2.45) is 0 Å². The number of amides is 1. The SMILES string of the molecule is CN(C)Cc1ccc(COCCNC(=O)O)cc1. The van der Waals surface area contributed by atoms with Crippen LogP contribution in [0.25, 0.3) is 0 Å². The zero-order chi connectivity index (χ0) is 13.4. The van der Waals surface area contributed by atoms with Crippen molar-refractivity contribution < 1.29 is 14.6 Å². The Morgan fingerprint density at radius 3 is 2.44 bits per heavy atom. The summed E-state index contributed by atoms with van der Waals surface area (Å²) in [6, 6.07) is 8.22. The van der Waals surface area contributed by atoms with Crippen LogP contribution in [0.5, 0.6) is 0 Å². The molecule has 5 nitrogen and oxygen atoms in total. The molecule has 0 atom stereocenters. The first kappa shape index (κ1) is 14.5. The van der Waals surface area contributed by atoms with Gasteiger partial charge in [-0.15, -0.1) is 0 Å². The minimum absolute atomic E-state index is 0.314. The van der Waals surface area contributed by atoms with E-state index in [1.807, 2.05) is 26.2 Å². The molecule has 0 saturated heterocycles. The Labute approximate surface area is 107 Å². The van der Waals surface area contributed by atoms with Gasteiger partial charge >= 0.3 is 6.09 Å². The molecule has 0 aromatic heterocycles. The van der Waals surface area contributed by atoms with Crippen LogP contribution in [0.1, 0.15) is 11.1 Å². The summed E-state index contributed by atoms with van der Waals surface area (Å²) >= 11 is 0. The van der Waals surface area contributed by atoms with E-state index in [4.69, 9.17) is 9.84 Å². The highest BCUT2D eigenvalue weighted by molar-refractivity contribution is 5.64. The van der Waals surface area contributed by atoms with Gasteiger partial charge in [-0.25, -0.2) is 4.79 Å². The molecule has 100 valence electrons. The average molecular weight is 252 g/mol. The van der Waals surface area contributed by atoms with Crippen molar-refractivity contribution in [1.29, 1.82) is 0 Å². The summed E-state index contributed by atoms with van der Waals surface area (Å²) in [4.78, 5) is 12.3. The molecule has 0 bridgehead atoms. The highest BCUT2D eigenvalue weighted by atomic mass is 16.5. The van der Waals surface area contributed by atoms with Crippen molar-refractivity contribution in [2.75, 3.05) is 27.2 Å². The molecule has 2 N–H and O–H groups in total. The van der Waals surface area contributed by atoms with Crippen molar-refractivity contribution in [3.63, 3.8) is 0 Å². The molecule has 0 spiro atoms. The lowest BCUT2D eigenvalue weighted by Gasteiger charge is -2.10. The fourth-order valence-electron chi connectivity index (χ4n) is 1.53. The molecule has 0 heterocycles. The van der Waals surface area contributed by atoms with Crippen LogP contribution in [0, 0.1) is 0 Å². The van der Waals surface area contributed by atoms with Gasteiger partial charge in [-0.2, -0.15) is 0 Å². The van der Waals surface area contributed by atoms with Crippen molar-refractivity contribution in [1.82, 2.24) is 10.2 Å². The molecule has 0 aliphatic heterocycles. The Morgan fingerprint density at radius 1 is 1.28 bits per heavy atom. The summed E-state index contributed by atoms with van der Waals surface area (Å²) in [7, 11) is 4.07. The van der Waals surface area contributed by atoms with Crippen LogP contribution in [-0.4, -0.2) is 43.3 Å². The maximum Gasteiger partial charge on any atom is 0.404 e. The minimum atomic E-state index is -1.02. The van der Waals surface area contributed by atoms with E-state index in [-0.39, 0.29) is 0 Å². The molecule has 18 heavy (non-hydrogen) atoms. The molecular formula is C13H20N2O3. The zero-order valence-corrected chi connectivity index (χ0v) is 10.8. The number of hydrogen-bond acceptors (Lipinski definition) is 3. The van der Waals surface area contributed by atoms with E-state index in [1.54, 1.807) is 0 Å². The summed E-state index contributed by atoms with van der Waals surface area (Å²) in [5, 5.41) is 10.6. The number of ether oxygens (including phenoxy) is 1. The van der Waals surface area contributed by atoms with Gasteiger partial charge in [0.2, 0.25) is 0 Å². The second kappa shape index (κ2) is 7.68. The standard InChI is InChI=1S/C13H20N2O3/c1-15(2)9-11-3-5-12(6-4-11)10-18-8-7-14-13(16)17/h3-6,14H,7-10H2,1-2H3,(H,16,17). The quantitative estimate of drug-likeness (QED) is 0.722. The largest absolute Gasteiger partial charge is 0.465 e. The maximum atomic E-state index is 10.2. The molecule has 1 aromatic carbocycles. The van der Waals surface area contributed by atoms with Crippen molar-refractivity contribution >= 4 is 6.09 Å². The molecule has 0 unspecified atom stereocenters. The van der Waals surface area contributed by atoms with Crippen LogP contribution in [0.4, 0.5) is 4.79 Å². The molecular weight excluding hydrogens is 232 g/mol. The van der Waals surface area contributed by atoms with Crippen LogP contribution in [0.15, 0.2) is 24.3 Å². The molecule has 0 radical (unpaired) electrons. The van der Waals surface area contributed by atoms with E-state index in [0.717, 1.165) is 12.1 Å². The molecule has 0 aliphatic carbocycles. The molecule has 1 amide bonds. The third kappa shape index (κ3) is 6.22. The normalized spacial score (nSPS) is 10.6. The number of carbonyl (C=O) groups is 1. The topological polar surface area (TPSA) is 61.8 Å². The average Bonchev–Trinajstić information content (AvgIpc) is 2.30. The summed E-state index contributed by atoms with van der Waals surface area (Å²) in [5.74, 6) is 0. The second-order valence-corrected chi connectivity index (χ2v) is 4.34. The van der Waals surface area contributed by atoms with Gasteiger partial charge in [0.15, 0.2) is 0 Å². The highest BCUT2D eigenvalue weighted by Gasteiger charge is 1.98. The zero-order valence-electron chi connectivity index (χ0n) is 10.8. The van der Waals surface area contributed by atoms with Crippen molar-refractivity contribution in [2.45, 2.75) is 13.2 Å². The van der Waals surface area contributed by atoms with E-state index < -0.39 is 6.09 Å². The fourth-order valence-corrected chi connectivity index (χ4v) is 1.53. The molecule has 0 saturated carbocycles. The van der Waals surface area contributed by atoms with Crippen LogP contribution in [0.2, 0.25) is 0 Å². The van der Waals surface area contributed by atoms with Crippen molar-refractivity contribution in [3.05, 3.63) is 35.4 Å². The number of rotatable bonds is 7. The summed E-state index contributed by atoms with van der Waals surface area (Å²) in [6.07, 6.45) is -1.02. The maximum absolute atomic E-state index is 10.2.